The lowest BCUT2D eigenvalue weighted by atomic mass is 10.0. The maximum absolute atomic E-state index is 9.38. The van der Waals surface area contributed by atoms with E-state index in [1.165, 1.54) is 38.8 Å². The van der Waals surface area contributed by atoms with Gasteiger partial charge >= 0.3 is 0 Å². The Bertz CT molecular complexity index is 223. The van der Waals surface area contributed by atoms with Crippen LogP contribution in [0.4, 0.5) is 0 Å². The highest BCUT2D eigenvalue weighted by atomic mass is 16.3. The highest BCUT2D eigenvalue weighted by molar-refractivity contribution is 4.87. The van der Waals surface area contributed by atoms with Crippen molar-refractivity contribution in [2.75, 3.05) is 40.3 Å². The fourth-order valence-electron chi connectivity index (χ4n) is 2.68. The zero-order valence-corrected chi connectivity index (χ0v) is 11.2. The van der Waals surface area contributed by atoms with Crippen LogP contribution in [-0.4, -0.2) is 73.4 Å². The molecule has 0 spiro atoms. The smallest absolute Gasteiger partial charge is 0.0597 e. The minimum absolute atomic E-state index is 0.268. The topological polar surface area (TPSA) is 38.7 Å². The SMILES string of the molecule is CN(C)C1CCN(CC(CO)NC2CC2)CC1. The minimum Gasteiger partial charge on any atom is -0.395 e. The summed E-state index contributed by atoms with van der Waals surface area (Å²) >= 11 is 0. The van der Waals surface area contributed by atoms with Gasteiger partial charge in [-0.05, 0) is 52.9 Å². The molecular weight excluding hydrogens is 214 g/mol. The van der Waals surface area contributed by atoms with E-state index in [0.29, 0.717) is 6.04 Å². The van der Waals surface area contributed by atoms with E-state index in [-0.39, 0.29) is 12.6 Å². The first-order chi connectivity index (χ1) is 8.19. The first-order valence-electron chi connectivity index (χ1n) is 6.94. The van der Waals surface area contributed by atoms with Crippen molar-refractivity contribution >= 4 is 0 Å². The highest BCUT2D eigenvalue weighted by Crippen LogP contribution is 2.20. The van der Waals surface area contributed by atoms with E-state index < -0.39 is 0 Å². The van der Waals surface area contributed by atoms with E-state index in [2.05, 4.69) is 29.2 Å². The zero-order valence-electron chi connectivity index (χ0n) is 11.2. The van der Waals surface area contributed by atoms with Crippen molar-refractivity contribution in [3.8, 4) is 0 Å². The van der Waals surface area contributed by atoms with Crippen molar-refractivity contribution in [2.45, 2.75) is 43.8 Å². The van der Waals surface area contributed by atoms with Gasteiger partial charge in [-0.1, -0.05) is 0 Å². The number of nitrogens with one attached hydrogen (secondary N) is 1. The second kappa shape index (κ2) is 6.14. The summed E-state index contributed by atoms with van der Waals surface area (Å²) in [7, 11) is 4.34. The third-order valence-electron chi connectivity index (χ3n) is 4.04. The van der Waals surface area contributed by atoms with Crippen LogP contribution < -0.4 is 5.32 Å². The number of rotatable bonds is 6. The van der Waals surface area contributed by atoms with Crippen LogP contribution in [0.1, 0.15) is 25.7 Å². The summed E-state index contributed by atoms with van der Waals surface area (Å²) in [6, 6.07) is 1.71. The summed E-state index contributed by atoms with van der Waals surface area (Å²) in [5.41, 5.74) is 0. The second-order valence-electron chi connectivity index (χ2n) is 5.82. The van der Waals surface area contributed by atoms with E-state index in [0.717, 1.165) is 12.6 Å². The van der Waals surface area contributed by atoms with E-state index in [1.807, 2.05) is 0 Å². The molecule has 0 amide bonds. The molecule has 0 aromatic rings. The molecular formula is C13H27N3O. The average Bonchev–Trinajstić information content (AvgIpc) is 3.13. The van der Waals surface area contributed by atoms with Gasteiger partial charge in [-0.2, -0.15) is 0 Å². The average molecular weight is 241 g/mol. The highest BCUT2D eigenvalue weighted by Gasteiger charge is 2.27. The predicted octanol–water partition coefficient (Wildman–Crippen LogP) is 0.125. The quantitative estimate of drug-likeness (QED) is 0.693. The number of likely N-dealkylation sites (tertiary alicyclic amines) is 1. The van der Waals surface area contributed by atoms with Gasteiger partial charge in [0.15, 0.2) is 0 Å². The van der Waals surface area contributed by atoms with E-state index in [9.17, 15) is 5.11 Å². The standard InChI is InChI=1S/C13H27N3O/c1-15(2)13-5-7-16(8-6-13)9-12(10-17)14-11-3-4-11/h11-14,17H,3-10H2,1-2H3. The van der Waals surface area contributed by atoms with E-state index >= 15 is 0 Å². The number of hydrogen-bond donors (Lipinski definition) is 2. The summed E-state index contributed by atoms with van der Waals surface area (Å²) in [4.78, 5) is 4.83. The second-order valence-corrected chi connectivity index (χ2v) is 5.82. The molecule has 0 radical (unpaired) electrons. The summed E-state index contributed by atoms with van der Waals surface area (Å²) in [5.74, 6) is 0. The maximum Gasteiger partial charge on any atom is 0.0597 e. The Kier molecular flexibility index (Phi) is 4.79. The monoisotopic (exact) mass is 241 g/mol. The molecule has 100 valence electrons. The summed E-state index contributed by atoms with van der Waals surface area (Å²) in [6.45, 7) is 3.62. The lowest BCUT2D eigenvalue weighted by Crippen LogP contribution is -2.49. The first-order valence-corrected chi connectivity index (χ1v) is 6.94. The molecule has 1 atom stereocenters. The van der Waals surface area contributed by atoms with Crippen LogP contribution in [0.15, 0.2) is 0 Å². The van der Waals surface area contributed by atoms with Crippen LogP contribution in [0.25, 0.3) is 0 Å². The molecule has 2 N–H and O–H groups in total. The van der Waals surface area contributed by atoms with Crippen molar-refractivity contribution in [3.05, 3.63) is 0 Å². The molecule has 17 heavy (non-hydrogen) atoms. The van der Waals surface area contributed by atoms with Crippen molar-refractivity contribution in [1.29, 1.82) is 0 Å². The number of piperidine rings is 1. The third kappa shape index (κ3) is 4.21. The van der Waals surface area contributed by atoms with E-state index in [1.54, 1.807) is 0 Å². The Labute approximate surface area is 105 Å². The van der Waals surface area contributed by atoms with Gasteiger partial charge in [0.1, 0.15) is 0 Å². The van der Waals surface area contributed by atoms with Crippen LogP contribution in [0.5, 0.6) is 0 Å². The number of aliphatic hydroxyl groups excluding tert-OH is 1. The van der Waals surface area contributed by atoms with Gasteiger partial charge in [-0.15, -0.1) is 0 Å². The van der Waals surface area contributed by atoms with Crippen molar-refractivity contribution < 1.29 is 5.11 Å². The first kappa shape index (κ1) is 13.3. The van der Waals surface area contributed by atoms with Crippen LogP contribution >= 0.6 is 0 Å². The molecule has 2 aliphatic rings. The summed E-state index contributed by atoms with van der Waals surface area (Å²) in [5, 5.41) is 12.9. The van der Waals surface area contributed by atoms with Crippen molar-refractivity contribution in [3.63, 3.8) is 0 Å². The molecule has 2 rings (SSSR count). The Balaban J connectivity index is 1.68. The largest absolute Gasteiger partial charge is 0.395 e. The molecule has 0 bridgehead atoms. The normalized spacial score (nSPS) is 25.4. The molecule has 1 aliphatic carbocycles. The molecule has 0 aromatic carbocycles. The summed E-state index contributed by atoms with van der Waals surface area (Å²) in [6.07, 6.45) is 5.10. The third-order valence-corrected chi connectivity index (χ3v) is 4.04. The molecule has 1 saturated carbocycles. The van der Waals surface area contributed by atoms with Crippen LogP contribution in [0, 0.1) is 0 Å². The lowest BCUT2D eigenvalue weighted by molar-refractivity contribution is 0.120. The molecule has 4 nitrogen and oxygen atoms in total. The Hall–Kier alpha value is -0.160. The van der Waals surface area contributed by atoms with Gasteiger partial charge in [0.05, 0.1) is 6.61 Å². The number of hydrogen-bond acceptors (Lipinski definition) is 4. The molecule has 4 heteroatoms. The lowest BCUT2D eigenvalue weighted by Gasteiger charge is -2.36. The van der Waals surface area contributed by atoms with Gasteiger partial charge in [-0.3, -0.25) is 0 Å². The van der Waals surface area contributed by atoms with Gasteiger partial charge in [0, 0.05) is 24.7 Å². The van der Waals surface area contributed by atoms with Crippen LogP contribution in [-0.2, 0) is 0 Å². The predicted molar refractivity (Wildman–Crippen MR) is 70.2 cm³/mol. The maximum atomic E-state index is 9.38. The fourth-order valence-corrected chi connectivity index (χ4v) is 2.68. The summed E-state index contributed by atoms with van der Waals surface area (Å²) < 4.78 is 0. The van der Waals surface area contributed by atoms with E-state index in [4.69, 9.17) is 0 Å². The van der Waals surface area contributed by atoms with Crippen LogP contribution in [0.3, 0.4) is 0 Å². The Morgan fingerprint density at radius 1 is 1.24 bits per heavy atom. The van der Waals surface area contributed by atoms with Gasteiger partial charge < -0.3 is 20.2 Å². The van der Waals surface area contributed by atoms with Gasteiger partial charge in [-0.25, -0.2) is 0 Å². The van der Waals surface area contributed by atoms with Crippen LogP contribution in [0.2, 0.25) is 0 Å². The Morgan fingerprint density at radius 2 is 1.88 bits per heavy atom. The fraction of sp³-hybridized carbons (Fsp3) is 1.00. The molecule has 0 aromatic heterocycles. The Morgan fingerprint density at radius 3 is 2.35 bits per heavy atom. The zero-order chi connectivity index (χ0) is 12.3. The number of nitrogens with zero attached hydrogens (tertiary/aromatic N) is 2. The number of aliphatic hydroxyl groups is 1. The molecule has 1 heterocycles. The molecule has 1 unspecified atom stereocenters. The molecule has 1 aliphatic heterocycles. The molecule has 1 saturated heterocycles. The molecule has 2 fully saturated rings. The van der Waals surface area contributed by atoms with Crippen molar-refractivity contribution in [2.24, 2.45) is 0 Å². The van der Waals surface area contributed by atoms with Gasteiger partial charge in [0.2, 0.25) is 0 Å². The van der Waals surface area contributed by atoms with Gasteiger partial charge in [0.25, 0.3) is 0 Å². The minimum atomic E-state index is 0.268. The van der Waals surface area contributed by atoms with Crippen molar-refractivity contribution in [1.82, 2.24) is 15.1 Å².